The van der Waals surface area contributed by atoms with E-state index in [4.69, 9.17) is 11.6 Å². The van der Waals surface area contributed by atoms with E-state index in [1.54, 1.807) is 12.1 Å². The highest BCUT2D eigenvalue weighted by molar-refractivity contribution is 7.17. The molecule has 2 fully saturated rings. The Morgan fingerprint density at radius 2 is 2.38 bits per heavy atom. The number of hydrogen-bond donors (Lipinski definition) is 2. The summed E-state index contributed by atoms with van der Waals surface area (Å²) in [4.78, 5) is 12.6. The van der Waals surface area contributed by atoms with E-state index >= 15 is 0 Å². The molecule has 2 aliphatic rings. The normalized spacial score (nSPS) is 31.9. The van der Waals surface area contributed by atoms with Gasteiger partial charge in [-0.05, 0) is 31.4 Å². The second-order valence-corrected chi connectivity index (χ2v) is 6.18. The monoisotopic (exact) mass is 256 g/mol. The van der Waals surface area contributed by atoms with Crippen LogP contribution in [0, 0.1) is 0 Å². The second kappa shape index (κ2) is 4.02. The standard InChI is InChI=1S/C11H13ClN2OS/c12-10-4-3-9(16-10)11(15)14-8-5-6-1-2-7(8)13-6/h3-4,6-8,13H,1-2,5H2,(H,14,15). The summed E-state index contributed by atoms with van der Waals surface area (Å²) in [5, 5.41) is 6.59. The Labute approximate surface area is 103 Å². The molecule has 0 aromatic carbocycles. The van der Waals surface area contributed by atoms with Gasteiger partial charge in [0.05, 0.1) is 9.21 Å². The van der Waals surface area contributed by atoms with Gasteiger partial charge in [-0.1, -0.05) is 11.6 Å². The minimum Gasteiger partial charge on any atom is -0.347 e. The van der Waals surface area contributed by atoms with Gasteiger partial charge in [0, 0.05) is 18.1 Å². The van der Waals surface area contributed by atoms with E-state index in [-0.39, 0.29) is 5.91 Å². The zero-order valence-corrected chi connectivity index (χ0v) is 10.3. The van der Waals surface area contributed by atoms with Gasteiger partial charge in [-0.15, -0.1) is 11.3 Å². The van der Waals surface area contributed by atoms with E-state index < -0.39 is 0 Å². The zero-order chi connectivity index (χ0) is 11.1. The number of hydrogen-bond acceptors (Lipinski definition) is 3. The van der Waals surface area contributed by atoms with Crippen LogP contribution in [0.2, 0.25) is 4.34 Å². The molecule has 3 nitrogen and oxygen atoms in total. The SMILES string of the molecule is O=C(NC1CC2CCC1N2)c1ccc(Cl)s1. The quantitative estimate of drug-likeness (QED) is 0.850. The molecule has 1 aromatic heterocycles. The van der Waals surface area contributed by atoms with Crippen LogP contribution in [-0.2, 0) is 0 Å². The predicted octanol–water partition coefficient (Wildman–Crippen LogP) is 2.02. The summed E-state index contributed by atoms with van der Waals surface area (Å²) in [6, 6.07) is 4.93. The third-order valence-electron chi connectivity index (χ3n) is 3.41. The third-order valence-corrected chi connectivity index (χ3v) is 4.64. The van der Waals surface area contributed by atoms with E-state index in [9.17, 15) is 4.79 Å². The van der Waals surface area contributed by atoms with Crippen LogP contribution in [0.1, 0.15) is 28.9 Å². The molecule has 0 saturated carbocycles. The largest absolute Gasteiger partial charge is 0.347 e. The van der Waals surface area contributed by atoms with Crippen LogP contribution in [0.4, 0.5) is 0 Å². The zero-order valence-electron chi connectivity index (χ0n) is 8.70. The smallest absolute Gasteiger partial charge is 0.261 e. The van der Waals surface area contributed by atoms with Crippen LogP contribution in [0.3, 0.4) is 0 Å². The van der Waals surface area contributed by atoms with Crippen LogP contribution in [0.15, 0.2) is 12.1 Å². The molecule has 0 aliphatic carbocycles. The molecule has 3 rings (SSSR count). The van der Waals surface area contributed by atoms with Crippen molar-refractivity contribution in [3.8, 4) is 0 Å². The Morgan fingerprint density at radius 1 is 1.50 bits per heavy atom. The molecule has 2 saturated heterocycles. The first kappa shape index (κ1) is 10.6. The molecular weight excluding hydrogens is 244 g/mol. The first-order chi connectivity index (χ1) is 7.72. The summed E-state index contributed by atoms with van der Waals surface area (Å²) in [5.41, 5.74) is 0. The van der Waals surface area contributed by atoms with E-state index in [2.05, 4.69) is 10.6 Å². The molecular formula is C11H13ClN2OS. The van der Waals surface area contributed by atoms with E-state index in [1.807, 2.05) is 0 Å². The number of carbonyl (C=O) groups excluding carboxylic acids is 1. The number of amides is 1. The molecule has 0 spiro atoms. The maximum Gasteiger partial charge on any atom is 0.261 e. The van der Waals surface area contributed by atoms with Crippen molar-refractivity contribution >= 4 is 28.8 Å². The lowest BCUT2D eigenvalue weighted by Crippen LogP contribution is -2.42. The highest BCUT2D eigenvalue weighted by atomic mass is 35.5. The Hall–Kier alpha value is -0.580. The van der Waals surface area contributed by atoms with Gasteiger partial charge in [0.25, 0.3) is 5.91 Å². The van der Waals surface area contributed by atoms with Gasteiger partial charge in [0.1, 0.15) is 0 Å². The van der Waals surface area contributed by atoms with Crippen molar-refractivity contribution in [3.63, 3.8) is 0 Å². The summed E-state index contributed by atoms with van der Waals surface area (Å²) in [7, 11) is 0. The van der Waals surface area contributed by atoms with Gasteiger partial charge in [-0.2, -0.15) is 0 Å². The van der Waals surface area contributed by atoms with Crippen LogP contribution in [0.25, 0.3) is 0 Å². The van der Waals surface area contributed by atoms with E-state index in [0.717, 1.165) is 6.42 Å². The van der Waals surface area contributed by atoms with Gasteiger partial charge in [-0.25, -0.2) is 0 Å². The summed E-state index contributed by atoms with van der Waals surface area (Å²) < 4.78 is 0.663. The highest BCUT2D eigenvalue weighted by Crippen LogP contribution is 2.29. The lowest BCUT2D eigenvalue weighted by atomic mass is 9.95. The number of rotatable bonds is 2. The molecule has 16 heavy (non-hydrogen) atoms. The van der Waals surface area contributed by atoms with Crippen LogP contribution >= 0.6 is 22.9 Å². The predicted molar refractivity (Wildman–Crippen MR) is 65.1 cm³/mol. The molecule has 0 radical (unpaired) electrons. The average molecular weight is 257 g/mol. The second-order valence-electron chi connectivity index (χ2n) is 4.47. The van der Waals surface area contributed by atoms with Gasteiger partial charge >= 0.3 is 0 Å². The molecule has 1 aromatic rings. The van der Waals surface area contributed by atoms with Crippen molar-refractivity contribution in [1.82, 2.24) is 10.6 Å². The lowest BCUT2D eigenvalue weighted by molar-refractivity contribution is 0.0935. The first-order valence-corrected chi connectivity index (χ1v) is 6.74. The van der Waals surface area contributed by atoms with Crippen molar-refractivity contribution in [1.29, 1.82) is 0 Å². The average Bonchev–Trinajstić information content (AvgIpc) is 2.92. The Balaban J connectivity index is 1.65. The summed E-state index contributed by atoms with van der Waals surface area (Å²) in [5.74, 6) is 0.0104. The molecule has 2 aliphatic heterocycles. The van der Waals surface area contributed by atoms with Gasteiger partial charge in [-0.3, -0.25) is 4.79 Å². The van der Waals surface area contributed by atoms with Crippen molar-refractivity contribution in [2.24, 2.45) is 0 Å². The molecule has 2 N–H and O–H groups in total. The minimum atomic E-state index is 0.0104. The Kier molecular flexibility index (Phi) is 2.65. The summed E-state index contributed by atoms with van der Waals surface area (Å²) >= 11 is 7.14. The molecule has 2 bridgehead atoms. The number of thiophene rings is 1. The van der Waals surface area contributed by atoms with Crippen molar-refractivity contribution in [2.75, 3.05) is 0 Å². The lowest BCUT2D eigenvalue weighted by Gasteiger charge is -2.20. The number of carbonyl (C=O) groups is 1. The fourth-order valence-corrected chi connectivity index (χ4v) is 3.61. The Bertz CT molecular complexity index is 420. The maximum atomic E-state index is 11.9. The summed E-state index contributed by atoms with van der Waals surface area (Å²) in [6.07, 6.45) is 3.50. The number of halogens is 1. The van der Waals surface area contributed by atoms with Gasteiger partial charge < -0.3 is 10.6 Å². The van der Waals surface area contributed by atoms with Crippen LogP contribution in [0.5, 0.6) is 0 Å². The molecule has 3 unspecified atom stereocenters. The highest BCUT2D eigenvalue weighted by Gasteiger charge is 2.39. The van der Waals surface area contributed by atoms with Crippen LogP contribution < -0.4 is 10.6 Å². The number of fused-ring (bicyclic) bond motifs is 2. The topological polar surface area (TPSA) is 41.1 Å². The van der Waals surface area contributed by atoms with Crippen LogP contribution in [-0.4, -0.2) is 24.0 Å². The molecule has 1 amide bonds. The molecule has 86 valence electrons. The fraction of sp³-hybridized carbons (Fsp3) is 0.545. The minimum absolute atomic E-state index is 0.0104. The first-order valence-electron chi connectivity index (χ1n) is 5.54. The number of nitrogens with one attached hydrogen (secondary N) is 2. The van der Waals surface area contributed by atoms with Gasteiger partial charge in [0.15, 0.2) is 0 Å². The van der Waals surface area contributed by atoms with Crippen molar-refractivity contribution < 1.29 is 4.79 Å². The fourth-order valence-electron chi connectivity index (χ4n) is 2.66. The molecule has 5 heteroatoms. The van der Waals surface area contributed by atoms with Crippen molar-refractivity contribution in [3.05, 3.63) is 21.3 Å². The van der Waals surface area contributed by atoms with Crippen molar-refractivity contribution in [2.45, 2.75) is 37.4 Å². The van der Waals surface area contributed by atoms with E-state index in [0.29, 0.717) is 27.3 Å². The molecule has 3 atom stereocenters. The van der Waals surface area contributed by atoms with E-state index in [1.165, 1.54) is 24.2 Å². The summed E-state index contributed by atoms with van der Waals surface area (Å²) in [6.45, 7) is 0. The molecule has 3 heterocycles. The van der Waals surface area contributed by atoms with Gasteiger partial charge in [0.2, 0.25) is 0 Å². The Morgan fingerprint density at radius 3 is 2.94 bits per heavy atom. The maximum absolute atomic E-state index is 11.9. The third kappa shape index (κ3) is 1.85.